The summed E-state index contributed by atoms with van der Waals surface area (Å²) in [4.78, 5) is 36.6. The summed E-state index contributed by atoms with van der Waals surface area (Å²) < 4.78 is 10.1. The second-order valence-electron chi connectivity index (χ2n) is 5.42. The number of benzene rings is 1. The quantitative estimate of drug-likeness (QED) is 0.525. The maximum atomic E-state index is 12.2. The van der Waals surface area contributed by atoms with Crippen LogP contribution in [0, 0.1) is 6.92 Å². The number of thiophene rings is 1. The number of rotatable bonds is 6. The van der Waals surface area contributed by atoms with E-state index in [4.69, 9.17) is 9.15 Å². The molecule has 2 aromatic heterocycles. The highest BCUT2D eigenvalue weighted by atomic mass is 32.1. The third kappa shape index (κ3) is 4.07. The minimum absolute atomic E-state index is 0.175. The smallest absolute Gasteiger partial charge is 0.349 e. The third-order valence-electron chi connectivity index (χ3n) is 3.51. The molecule has 2 heterocycles. The van der Waals surface area contributed by atoms with E-state index in [-0.39, 0.29) is 18.2 Å². The standard InChI is InChI=1S/C19H15NO5S/c1-12-10-16(20-18(22)15-8-5-9-24-15)26-17(12)19(23)25-11-14(21)13-6-3-2-4-7-13/h2-10H,11H2,1H3,(H,20,22). The van der Waals surface area contributed by atoms with Gasteiger partial charge in [0.2, 0.25) is 0 Å². The molecule has 0 aliphatic heterocycles. The first-order chi connectivity index (χ1) is 12.5. The number of hydrogen-bond acceptors (Lipinski definition) is 6. The fourth-order valence-electron chi connectivity index (χ4n) is 2.23. The van der Waals surface area contributed by atoms with Gasteiger partial charge >= 0.3 is 5.97 Å². The number of ketones is 1. The van der Waals surface area contributed by atoms with Gasteiger partial charge in [-0.1, -0.05) is 30.3 Å². The molecule has 3 rings (SSSR count). The molecule has 0 aliphatic carbocycles. The van der Waals surface area contributed by atoms with Crippen LogP contribution in [-0.2, 0) is 4.74 Å². The second kappa shape index (κ2) is 7.79. The van der Waals surface area contributed by atoms with Crippen LogP contribution in [-0.4, -0.2) is 24.3 Å². The Hall–Kier alpha value is -3.19. The van der Waals surface area contributed by atoms with Gasteiger partial charge in [0.25, 0.3) is 5.91 Å². The minimum atomic E-state index is -0.602. The number of carbonyl (C=O) groups is 3. The van der Waals surface area contributed by atoms with Crippen molar-refractivity contribution in [3.8, 4) is 0 Å². The van der Waals surface area contributed by atoms with Gasteiger partial charge in [0, 0.05) is 5.56 Å². The Balaban J connectivity index is 1.62. The summed E-state index contributed by atoms with van der Waals surface area (Å²) in [6.45, 7) is 1.39. The van der Waals surface area contributed by atoms with Crippen molar-refractivity contribution >= 4 is 34.0 Å². The van der Waals surface area contributed by atoms with E-state index in [0.717, 1.165) is 11.3 Å². The molecule has 0 saturated heterocycles. The molecule has 7 heteroatoms. The Morgan fingerprint density at radius 3 is 2.58 bits per heavy atom. The predicted molar refractivity (Wildman–Crippen MR) is 96.8 cm³/mol. The molecule has 3 aromatic rings. The number of anilines is 1. The number of amides is 1. The fraction of sp³-hybridized carbons (Fsp3) is 0.105. The molecule has 0 radical (unpaired) electrons. The van der Waals surface area contributed by atoms with Crippen LogP contribution in [0.5, 0.6) is 0 Å². The van der Waals surface area contributed by atoms with Gasteiger partial charge in [-0.15, -0.1) is 11.3 Å². The maximum absolute atomic E-state index is 12.2. The zero-order valence-corrected chi connectivity index (χ0v) is 14.7. The number of hydrogen-bond donors (Lipinski definition) is 1. The summed E-state index contributed by atoms with van der Waals surface area (Å²) in [6.07, 6.45) is 1.40. The van der Waals surface area contributed by atoms with Crippen molar-refractivity contribution < 1.29 is 23.5 Å². The van der Waals surface area contributed by atoms with Gasteiger partial charge in [0.05, 0.1) is 11.3 Å². The molecular formula is C19H15NO5S. The van der Waals surface area contributed by atoms with Gasteiger partial charge in [-0.05, 0) is 30.7 Å². The van der Waals surface area contributed by atoms with Crippen molar-refractivity contribution in [1.82, 2.24) is 0 Å². The highest BCUT2D eigenvalue weighted by Crippen LogP contribution is 2.28. The molecular weight excluding hydrogens is 354 g/mol. The van der Waals surface area contributed by atoms with Crippen LogP contribution in [0.4, 0.5) is 5.00 Å². The molecule has 6 nitrogen and oxygen atoms in total. The van der Waals surface area contributed by atoms with Crippen molar-refractivity contribution in [3.63, 3.8) is 0 Å². The number of ether oxygens (including phenoxy) is 1. The lowest BCUT2D eigenvalue weighted by atomic mass is 10.1. The molecule has 0 unspecified atom stereocenters. The van der Waals surface area contributed by atoms with E-state index in [1.165, 1.54) is 6.26 Å². The maximum Gasteiger partial charge on any atom is 0.349 e. The van der Waals surface area contributed by atoms with Crippen LogP contribution in [0.1, 0.15) is 36.1 Å². The Kier molecular flexibility index (Phi) is 5.28. The molecule has 0 aliphatic rings. The van der Waals surface area contributed by atoms with E-state index < -0.39 is 11.9 Å². The Morgan fingerprint density at radius 1 is 1.12 bits per heavy atom. The van der Waals surface area contributed by atoms with E-state index in [1.807, 2.05) is 0 Å². The molecule has 132 valence electrons. The number of nitrogens with one attached hydrogen (secondary N) is 1. The SMILES string of the molecule is Cc1cc(NC(=O)c2ccco2)sc1C(=O)OCC(=O)c1ccccc1. The summed E-state index contributed by atoms with van der Waals surface area (Å²) in [6, 6.07) is 13.4. The van der Waals surface area contributed by atoms with E-state index in [2.05, 4.69) is 5.32 Å². The first kappa shape index (κ1) is 17.6. The monoisotopic (exact) mass is 369 g/mol. The molecule has 0 atom stereocenters. The molecule has 1 aromatic carbocycles. The van der Waals surface area contributed by atoms with Crippen LogP contribution in [0.2, 0.25) is 0 Å². The van der Waals surface area contributed by atoms with Gasteiger partial charge in [-0.2, -0.15) is 0 Å². The molecule has 0 spiro atoms. The number of esters is 1. The lowest BCUT2D eigenvalue weighted by molar-refractivity contribution is 0.0479. The van der Waals surface area contributed by atoms with E-state index in [0.29, 0.717) is 21.0 Å². The van der Waals surface area contributed by atoms with Crippen LogP contribution in [0.25, 0.3) is 0 Å². The summed E-state index contributed by atoms with van der Waals surface area (Å²) in [7, 11) is 0. The molecule has 0 fully saturated rings. The largest absolute Gasteiger partial charge is 0.459 e. The number of Topliss-reactive ketones (excluding diaryl/α,β-unsaturated/α-hetero) is 1. The zero-order chi connectivity index (χ0) is 18.5. The van der Waals surface area contributed by atoms with Crippen molar-refractivity contribution in [2.75, 3.05) is 11.9 Å². The lowest BCUT2D eigenvalue weighted by Gasteiger charge is -2.03. The topological polar surface area (TPSA) is 85.6 Å². The first-order valence-corrected chi connectivity index (χ1v) is 8.57. The predicted octanol–water partition coefficient (Wildman–Crippen LogP) is 3.94. The van der Waals surface area contributed by atoms with Crippen molar-refractivity contribution in [2.24, 2.45) is 0 Å². The number of carbonyl (C=O) groups excluding carboxylic acids is 3. The molecule has 1 amide bonds. The van der Waals surface area contributed by atoms with Gasteiger partial charge in [-0.25, -0.2) is 4.79 Å². The van der Waals surface area contributed by atoms with E-state index in [9.17, 15) is 14.4 Å². The van der Waals surface area contributed by atoms with Crippen LogP contribution < -0.4 is 5.32 Å². The highest BCUT2D eigenvalue weighted by molar-refractivity contribution is 7.18. The minimum Gasteiger partial charge on any atom is -0.459 e. The lowest BCUT2D eigenvalue weighted by Crippen LogP contribution is -2.14. The van der Waals surface area contributed by atoms with Gasteiger partial charge in [-0.3, -0.25) is 9.59 Å². The number of aryl methyl sites for hydroxylation is 1. The van der Waals surface area contributed by atoms with Crippen LogP contribution in [0.15, 0.2) is 59.2 Å². The zero-order valence-electron chi connectivity index (χ0n) is 13.9. The van der Waals surface area contributed by atoms with E-state index in [1.54, 1.807) is 55.5 Å². The summed E-state index contributed by atoms with van der Waals surface area (Å²) in [5.41, 5.74) is 1.14. The van der Waals surface area contributed by atoms with Gasteiger partial charge < -0.3 is 14.5 Å². The molecule has 0 saturated carbocycles. The summed E-state index contributed by atoms with van der Waals surface area (Å²) in [5, 5.41) is 3.15. The van der Waals surface area contributed by atoms with E-state index >= 15 is 0 Å². The van der Waals surface area contributed by atoms with Crippen molar-refractivity contribution in [1.29, 1.82) is 0 Å². The van der Waals surface area contributed by atoms with Crippen molar-refractivity contribution in [2.45, 2.75) is 6.92 Å². The van der Waals surface area contributed by atoms with Crippen LogP contribution in [0.3, 0.4) is 0 Å². The highest BCUT2D eigenvalue weighted by Gasteiger charge is 2.19. The second-order valence-corrected chi connectivity index (χ2v) is 6.47. The average molecular weight is 369 g/mol. The van der Waals surface area contributed by atoms with Gasteiger partial charge in [0.15, 0.2) is 18.2 Å². The Bertz CT molecular complexity index is 928. The fourth-order valence-corrected chi connectivity index (χ4v) is 3.19. The average Bonchev–Trinajstić information content (AvgIpc) is 3.30. The summed E-state index contributed by atoms with van der Waals surface area (Å²) in [5.74, 6) is -1.11. The molecule has 1 N–H and O–H groups in total. The molecule has 0 bridgehead atoms. The van der Waals surface area contributed by atoms with Crippen molar-refractivity contribution in [3.05, 3.63) is 76.6 Å². The van der Waals surface area contributed by atoms with Crippen LogP contribution >= 0.6 is 11.3 Å². The normalized spacial score (nSPS) is 10.3. The third-order valence-corrected chi connectivity index (χ3v) is 4.65. The molecule has 26 heavy (non-hydrogen) atoms. The Morgan fingerprint density at radius 2 is 1.88 bits per heavy atom. The van der Waals surface area contributed by atoms with Gasteiger partial charge in [0.1, 0.15) is 4.88 Å². The summed E-state index contributed by atoms with van der Waals surface area (Å²) >= 11 is 1.08. The Labute approximate surface area is 153 Å². The first-order valence-electron chi connectivity index (χ1n) is 7.75. The number of furan rings is 1.